The van der Waals surface area contributed by atoms with Crippen molar-refractivity contribution >= 4 is 34.0 Å². The summed E-state index contributed by atoms with van der Waals surface area (Å²) < 4.78 is 0. The van der Waals surface area contributed by atoms with Gasteiger partial charge in [-0.15, -0.1) is 10.2 Å². The van der Waals surface area contributed by atoms with Gasteiger partial charge in [-0.2, -0.15) is 0 Å². The minimum atomic E-state index is -0.0161. The summed E-state index contributed by atoms with van der Waals surface area (Å²) in [5.41, 5.74) is 6.55. The van der Waals surface area contributed by atoms with Crippen LogP contribution in [0.15, 0.2) is 24.3 Å². The van der Waals surface area contributed by atoms with Gasteiger partial charge >= 0.3 is 0 Å². The Kier molecular flexibility index (Phi) is 4.71. The van der Waals surface area contributed by atoms with Crippen molar-refractivity contribution in [2.45, 2.75) is 19.3 Å². The standard InChI is InChI=1S/C15H17ClN4OS/c16-12-7-2-1-5-11(12)14-19-20-15(22-14)18-13(21)10-6-3-4-9(10)8-17/h1-2,5,7,9-10H,3-4,6,8,17H2,(H,18,20,21)/t9-,10-/m1/s1. The third kappa shape index (κ3) is 3.14. The summed E-state index contributed by atoms with van der Waals surface area (Å²) in [6, 6.07) is 7.45. The number of anilines is 1. The molecule has 1 heterocycles. The van der Waals surface area contributed by atoms with Crippen LogP contribution < -0.4 is 11.1 Å². The van der Waals surface area contributed by atoms with Gasteiger partial charge in [-0.05, 0) is 31.4 Å². The van der Waals surface area contributed by atoms with Crippen LogP contribution in [-0.2, 0) is 4.79 Å². The zero-order chi connectivity index (χ0) is 15.5. The van der Waals surface area contributed by atoms with Crippen molar-refractivity contribution in [2.24, 2.45) is 17.6 Å². The lowest BCUT2D eigenvalue weighted by molar-refractivity contribution is -0.120. The first-order valence-electron chi connectivity index (χ1n) is 7.28. The number of hydrogen-bond acceptors (Lipinski definition) is 5. The van der Waals surface area contributed by atoms with Gasteiger partial charge in [-0.3, -0.25) is 4.79 Å². The number of halogens is 1. The van der Waals surface area contributed by atoms with Crippen LogP contribution in [0.2, 0.25) is 5.02 Å². The number of benzene rings is 1. The van der Waals surface area contributed by atoms with Gasteiger partial charge in [-0.25, -0.2) is 0 Å². The van der Waals surface area contributed by atoms with Crippen LogP contribution in [0, 0.1) is 11.8 Å². The van der Waals surface area contributed by atoms with Crippen molar-refractivity contribution in [1.82, 2.24) is 10.2 Å². The third-order valence-corrected chi connectivity index (χ3v) is 5.26. The molecule has 1 saturated carbocycles. The number of amides is 1. The van der Waals surface area contributed by atoms with E-state index in [0.717, 1.165) is 24.8 Å². The van der Waals surface area contributed by atoms with Crippen LogP contribution in [0.25, 0.3) is 10.6 Å². The third-order valence-electron chi connectivity index (χ3n) is 4.06. The van der Waals surface area contributed by atoms with Gasteiger partial charge in [0.05, 0.1) is 5.02 Å². The summed E-state index contributed by atoms with van der Waals surface area (Å²) >= 11 is 7.48. The number of carbonyl (C=O) groups excluding carboxylic acids is 1. The molecule has 1 amide bonds. The van der Waals surface area contributed by atoms with E-state index >= 15 is 0 Å². The van der Waals surface area contributed by atoms with Crippen LogP contribution in [0.1, 0.15) is 19.3 Å². The molecular formula is C15H17ClN4OS. The predicted octanol–water partition coefficient (Wildman–Crippen LogP) is 3.17. The van der Waals surface area contributed by atoms with Crippen molar-refractivity contribution in [3.63, 3.8) is 0 Å². The Morgan fingerprint density at radius 3 is 2.95 bits per heavy atom. The molecule has 1 fully saturated rings. The van der Waals surface area contributed by atoms with E-state index in [1.807, 2.05) is 18.2 Å². The smallest absolute Gasteiger partial charge is 0.229 e. The topological polar surface area (TPSA) is 80.9 Å². The van der Waals surface area contributed by atoms with Gasteiger partial charge in [0.1, 0.15) is 0 Å². The molecule has 0 unspecified atom stereocenters. The molecule has 0 bridgehead atoms. The molecular weight excluding hydrogens is 320 g/mol. The second-order valence-corrected chi connectivity index (χ2v) is 6.80. The maximum Gasteiger partial charge on any atom is 0.229 e. The summed E-state index contributed by atoms with van der Waals surface area (Å²) in [4.78, 5) is 12.3. The lowest BCUT2D eigenvalue weighted by atomic mass is 9.95. The molecule has 116 valence electrons. The molecule has 1 aromatic carbocycles. The largest absolute Gasteiger partial charge is 0.330 e. The molecule has 0 aliphatic heterocycles. The molecule has 1 aliphatic rings. The van der Waals surface area contributed by atoms with Crippen molar-refractivity contribution in [3.05, 3.63) is 29.3 Å². The van der Waals surface area contributed by atoms with Gasteiger partial charge in [0.15, 0.2) is 5.01 Å². The number of nitrogens with two attached hydrogens (primary N) is 1. The lowest BCUT2D eigenvalue weighted by Gasteiger charge is -2.15. The Morgan fingerprint density at radius 1 is 1.36 bits per heavy atom. The molecule has 22 heavy (non-hydrogen) atoms. The molecule has 2 aromatic rings. The maximum absolute atomic E-state index is 12.3. The van der Waals surface area contributed by atoms with E-state index < -0.39 is 0 Å². The van der Waals surface area contributed by atoms with Crippen molar-refractivity contribution in [3.8, 4) is 10.6 Å². The molecule has 3 rings (SSSR count). The number of rotatable bonds is 4. The van der Waals surface area contributed by atoms with Gasteiger partial charge in [0, 0.05) is 11.5 Å². The van der Waals surface area contributed by atoms with Crippen molar-refractivity contribution < 1.29 is 4.79 Å². The minimum absolute atomic E-state index is 0.00481. The van der Waals surface area contributed by atoms with E-state index in [-0.39, 0.29) is 17.7 Å². The number of hydrogen-bond donors (Lipinski definition) is 2. The number of aromatic nitrogens is 2. The average molecular weight is 337 g/mol. The van der Waals surface area contributed by atoms with Gasteiger partial charge in [0.2, 0.25) is 11.0 Å². The molecule has 2 atom stereocenters. The highest BCUT2D eigenvalue weighted by Gasteiger charge is 2.32. The van der Waals surface area contributed by atoms with Gasteiger partial charge < -0.3 is 11.1 Å². The van der Waals surface area contributed by atoms with E-state index in [1.165, 1.54) is 11.3 Å². The molecule has 0 saturated heterocycles. The Labute approximate surface area is 137 Å². The number of nitrogens with zero attached hydrogens (tertiary/aromatic N) is 2. The number of nitrogens with one attached hydrogen (secondary N) is 1. The Morgan fingerprint density at radius 2 is 2.18 bits per heavy atom. The second-order valence-electron chi connectivity index (χ2n) is 5.41. The molecule has 7 heteroatoms. The molecule has 1 aliphatic carbocycles. The summed E-state index contributed by atoms with van der Waals surface area (Å²) in [5.74, 6) is 0.253. The summed E-state index contributed by atoms with van der Waals surface area (Å²) in [7, 11) is 0. The van der Waals surface area contributed by atoms with Gasteiger partial charge in [0.25, 0.3) is 0 Å². The summed E-state index contributed by atoms with van der Waals surface area (Å²) in [6.07, 6.45) is 2.97. The first kappa shape index (κ1) is 15.4. The molecule has 3 N–H and O–H groups in total. The predicted molar refractivity (Wildman–Crippen MR) is 88.9 cm³/mol. The Balaban J connectivity index is 1.72. The highest BCUT2D eigenvalue weighted by molar-refractivity contribution is 7.18. The fourth-order valence-electron chi connectivity index (χ4n) is 2.88. The van der Waals surface area contributed by atoms with Crippen LogP contribution in [0.3, 0.4) is 0 Å². The van der Waals surface area contributed by atoms with E-state index in [2.05, 4.69) is 15.5 Å². The molecule has 1 aromatic heterocycles. The Bertz CT molecular complexity index is 675. The maximum atomic E-state index is 12.3. The van der Waals surface area contributed by atoms with Crippen LogP contribution >= 0.6 is 22.9 Å². The average Bonchev–Trinajstić information content (AvgIpc) is 3.16. The first-order valence-corrected chi connectivity index (χ1v) is 8.48. The quantitative estimate of drug-likeness (QED) is 0.898. The second kappa shape index (κ2) is 6.73. The van der Waals surface area contributed by atoms with Gasteiger partial charge in [-0.1, -0.05) is 47.6 Å². The summed E-state index contributed by atoms with van der Waals surface area (Å²) in [5, 5.41) is 12.8. The highest BCUT2D eigenvalue weighted by atomic mass is 35.5. The SMILES string of the molecule is NC[C@H]1CCC[C@H]1C(=O)Nc1nnc(-c2ccccc2Cl)s1. The van der Waals surface area contributed by atoms with E-state index in [0.29, 0.717) is 21.7 Å². The monoisotopic (exact) mass is 336 g/mol. The van der Waals surface area contributed by atoms with Crippen LogP contribution in [0.5, 0.6) is 0 Å². The lowest BCUT2D eigenvalue weighted by Crippen LogP contribution is -2.29. The molecule has 5 nitrogen and oxygen atoms in total. The van der Waals surface area contributed by atoms with E-state index in [9.17, 15) is 4.79 Å². The minimum Gasteiger partial charge on any atom is -0.330 e. The summed E-state index contributed by atoms with van der Waals surface area (Å²) in [6.45, 7) is 0.555. The fraction of sp³-hybridized carbons (Fsp3) is 0.400. The molecule has 0 spiro atoms. The van der Waals surface area contributed by atoms with E-state index in [4.69, 9.17) is 17.3 Å². The van der Waals surface area contributed by atoms with Crippen LogP contribution in [0.4, 0.5) is 5.13 Å². The zero-order valence-electron chi connectivity index (χ0n) is 12.0. The normalized spacial score (nSPS) is 21.0. The fourth-order valence-corrected chi connectivity index (χ4v) is 3.95. The molecule has 0 radical (unpaired) electrons. The van der Waals surface area contributed by atoms with E-state index in [1.54, 1.807) is 6.07 Å². The number of carbonyl (C=O) groups is 1. The highest BCUT2D eigenvalue weighted by Crippen LogP contribution is 2.34. The zero-order valence-corrected chi connectivity index (χ0v) is 13.5. The first-order chi connectivity index (χ1) is 10.7. The van der Waals surface area contributed by atoms with Crippen LogP contribution in [-0.4, -0.2) is 22.6 Å². The van der Waals surface area contributed by atoms with Crippen molar-refractivity contribution in [2.75, 3.05) is 11.9 Å². The van der Waals surface area contributed by atoms with Crippen molar-refractivity contribution in [1.29, 1.82) is 0 Å². The Hall–Kier alpha value is -1.50.